The first-order valence-electron chi connectivity index (χ1n) is 4.60. The Kier molecular flexibility index (Phi) is 4.38. The van der Waals surface area contributed by atoms with Gasteiger partial charge in [0.2, 0.25) is 0 Å². The van der Waals surface area contributed by atoms with Crippen molar-refractivity contribution in [3.05, 3.63) is 0 Å². The number of esters is 2. The summed E-state index contributed by atoms with van der Waals surface area (Å²) in [6, 6.07) is 0. The average Bonchev–Trinajstić information content (AvgIpc) is 2.13. The summed E-state index contributed by atoms with van der Waals surface area (Å²) in [5.41, 5.74) is 0. The van der Waals surface area contributed by atoms with Crippen LogP contribution in [0.3, 0.4) is 0 Å². The highest BCUT2D eigenvalue weighted by molar-refractivity contribution is 9.09. The van der Waals surface area contributed by atoms with Gasteiger partial charge in [0, 0.05) is 19.3 Å². The van der Waals surface area contributed by atoms with Gasteiger partial charge in [-0.3, -0.25) is 9.59 Å². The highest BCUT2D eigenvalue weighted by Gasteiger charge is 2.34. The number of ether oxygens (including phenoxy) is 2. The third-order valence-electron chi connectivity index (χ3n) is 2.05. The largest absolute Gasteiger partial charge is 0.462 e. The topological polar surface area (TPSA) is 52.6 Å². The van der Waals surface area contributed by atoms with Crippen LogP contribution in [0, 0.1) is 0 Å². The molecule has 5 heteroatoms. The number of carbonyl (C=O) groups is 2. The molecule has 0 aromatic rings. The fourth-order valence-corrected chi connectivity index (χ4v) is 1.33. The number of rotatable bonds is 4. The van der Waals surface area contributed by atoms with Gasteiger partial charge in [-0.25, -0.2) is 0 Å². The molecule has 0 aromatic heterocycles. The average molecular weight is 265 g/mol. The maximum absolute atomic E-state index is 10.9. The zero-order chi connectivity index (χ0) is 10.6. The number of carbonyl (C=O) groups excluding carboxylic acids is 2. The maximum Gasteiger partial charge on any atom is 0.316 e. The van der Waals surface area contributed by atoms with E-state index in [-0.39, 0.29) is 29.5 Å². The summed E-state index contributed by atoms with van der Waals surface area (Å²) in [6.45, 7) is 1.75. The van der Waals surface area contributed by atoms with Gasteiger partial charge < -0.3 is 9.47 Å². The summed E-state index contributed by atoms with van der Waals surface area (Å²) in [4.78, 5) is 21.7. The molecule has 0 unspecified atom stereocenters. The number of halogens is 1. The van der Waals surface area contributed by atoms with Crippen LogP contribution in [0.1, 0.15) is 26.2 Å². The molecule has 1 saturated carbocycles. The second kappa shape index (κ2) is 5.34. The first-order valence-corrected chi connectivity index (χ1v) is 5.72. The van der Waals surface area contributed by atoms with Crippen LogP contribution in [0.15, 0.2) is 0 Å². The zero-order valence-corrected chi connectivity index (χ0v) is 9.58. The Morgan fingerprint density at radius 3 is 2.14 bits per heavy atom. The molecule has 1 aliphatic rings. The quantitative estimate of drug-likeness (QED) is 0.569. The SMILES string of the molecule is CCC(=O)OC1CC(OC(=O)CBr)C1. The van der Waals surface area contributed by atoms with Gasteiger partial charge in [0.15, 0.2) is 0 Å². The van der Waals surface area contributed by atoms with Gasteiger partial charge in [-0.05, 0) is 0 Å². The van der Waals surface area contributed by atoms with E-state index in [9.17, 15) is 9.59 Å². The molecule has 1 aliphatic carbocycles. The van der Waals surface area contributed by atoms with Crippen molar-refractivity contribution in [3.8, 4) is 0 Å². The number of hydrogen-bond donors (Lipinski definition) is 0. The van der Waals surface area contributed by atoms with E-state index in [0.717, 1.165) is 0 Å². The molecule has 0 aromatic carbocycles. The second-order valence-corrected chi connectivity index (χ2v) is 3.74. The molecule has 0 aliphatic heterocycles. The van der Waals surface area contributed by atoms with E-state index in [0.29, 0.717) is 19.3 Å². The van der Waals surface area contributed by atoms with E-state index < -0.39 is 0 Å². The van der Waals surface area contributed by atoms with E-state index in [1.54, 1.807) is 6.92 Å². The molecule has 0 atom stereocenters. The predicted octanol–water partition coefficient (Wildman–Crippen LogP) is 1.41. The van der Waals surface area contributed by atoms with Crippen molar-refractivity contribution in [3.63, 3.8) is 0 Å². The standard InChI is InChI=1S/C9H13BrO4/c1-2-8(11)13-6-3-7(4-6)14-9(12)5-10/h6-7H,2-5H2,1H3. The Morgan fingerprint density at radius 2 is 1.71 bits per heavy atom. The molecule has 0 saturated heterocycles. The van der Waals surface area contributed by atoms with Gasteiger partial charge in [0.1, 0.15) is 17.5 Å². The van der Waals surface area contributed by atoms with E-state index in [2.05, 4.69) is 15.9 Å². The van der Waals surface area contributed by atoms with Crippen LogP contribution in [-0.4, -0.2) is 29.5 Å². The lowest BCUT2D eigenvalue weighted by Crippen LogP contribution is -2.40. The fraction of sp³-hybridized carbons (Fsp3) is 0.778. The molecule has 0 amide bonds. The van der Waals surface area contributed by atoms with Crippen molar-refractivity contribution in [1.29, 1.82) is 0 Å². The van der Waals surface area contributed by atoms with Crippen molar-refractivity contribution in [2.24, 2.45) is 0 Å². The summed E-state index contributed by atoms with van der Waals surface area (Å²) >= 11 is 3.00. The Hall–Kier alpha value is -0.580. The van der Waals surface area contributed by atoms with Gasteiger partial charge in [-0.1, -0.05) is 22.9 Å². The van der Waals surface area contributed by atoms with Crippen LogP contribution in [0.5, 0.6) is 0 Å². The third-order valence-corrected chi connectivity index (χ3v) is 2.50. The first kappa shape index (κ1) is 11.5. The van der Waals surface area contributed by atoms with E-state index in [4.69, 9.17) is 9.47 Å². The molecular weight excluding hydrogens is 252 g/mol. The highest BCUT2D eigenvalue weighted by atomic mass is 79.9. The molecule has 1 fully saturated rings. The van der Waals surface area contributed by atoms with Gasteiger partial charge in [0.05, 0.1) is 0 Å². The van der Waals surface area contributed by atoms with E-state index in [1.807, 2.05) is 0 Å². The molecule has 1 rings (SSSR count). The maximum atomic E-state index is 10.9. The molecule has 0 bridgehead atoms. The second-order valence-electron chi connectivity index (χ2n) is 3.18. The highest BCUT2D eigenvalue weighted by Crippen LogP contribution is 2.26. The summed E-state index contributed by atoms with van der Waals surface area (Å²) in [7, 11) is 0. The van der Waals surface area contributed by atoms with Gasteiger partial charge in [0.25, 0.3) is 0 Å². The summed E-state index contributed by atoms with van der Waals surface area (Å²) in [5.74, 6) is -0.462. The first-order chi connectivity index (χ1) is 6.65. The van der Waals surface area contributed by atoms with Crippen LogP contribution in [0.2, 0.25) is 0 Å². The molecule has 14 heavy (non-hydrogen) atoms. The lowest BCUT2D eigenvalue weighted by atomic mass is 9.92. The monoisotopic (exact) mass is 264 g/mol. The minimum atomic E-state index is -0.268. The van der Waals surface area contributed by atoms with Gasteiger partial charge in [-0.15, -0.1) is 0 Å². The Labute approximate surface area is 91.1 Å². The molecule has 0 heterocycles. The smallest absolute Gasteiger partial charge is 0.316 e. The van der Waals surface area contributed by atoms with Crippen LogP contribution >= 0.6 is 15.9 Å². The van der Waals surface area contributed by atoms with E-state index >= 15 is 0 Å². The minimum Gasteiger partial charge on any atom is -0.462 e. The number of alkyl halides is 1. The summed E-state index contributed by atoms with van der Waals surface area (Å²) in [6.07, 6.45) is 1.52. The van der Waals surface area contributed by atoms with Gasteiger partial charge in [-0.2, -0.15) is 0 Å². The number of hydrogen-bond acceptors (Lipinski definition) is 4. The predicted molar refractivity (Wildman–Crippen MR) is 53.1 cm³/mol. The minimum absolute atomic E-state index is 0.0597. The van der Waals surface area contributed by atoms with E-state index in [1.165, 1.54) is 0 Å². The van der Waals surface area contributed by atoms with Crippen LogP contribution in [0.4, 0.5) is 0 Å². The zero-order valence-electron chi connectivity index (χ0n) is 7.99. The fourth-order valence-electron chi connectivity index (χ4n) is 1.20. The molecule has 0 N–H and O–H groups in total. The molecule has 80 valence electrons. The Bertz CT molecular complexity index is 201. The van der Waals surface area contributed by atoms with Crippen molar-refractivity contribution in [1.82, 2.24) is 0 Å². The van der Waals surface area contributed by atoms with Crippen LogP contribution in [-0.2, 0) is 19.1 Å². The van der Waals surface area contributed by atoms with Gasteiger partial charge >= 0.3 is 11.9 Å². The Balaban J connectivity index is 2.11. The lowest BCUT2D eigenvalue weighted by molar-refractivity contribution is -0.168. The van der Waals surface area contributed by atoms with Crippen LogP contribution < -0.4 is 0 Å². The molecule has 0 spiro atoms. The normalized spacial score (nSPS) is 25.0. The summed E-state index contributed by atoms with van der Waals surface area (Å²) < 4.78 is 10.0. The van der Waals surface area contributed by atoms with Crippen molar-refractivity contribution in [2.75, 3.05) is 5.33 Å². The van der Waals surface area contributed by atoms with Crippen molar-refractivity contribution < 1.29 is 19.1 Å². The third kappa shape index (κ3) is 3.29. The molecular formula is C9H13BrO4. The molecule has 4 nitrogen and oxygen atoms in total. The Morgan fingerprint density at radius 1 is 1.21 bits per heavy atom. The van der Waals surface area contributed by atoms with Crippen LogP contribution in [0.25, 0.3) is 0 Å². The summed E-state index contributed by atoms with van der Waals surface area (Å²) in [5, 5.41) is 0.211. The lowest BCUT2D eigenvalue weighted by Gasteiger charge is -2.33. The van der Waals surface area contributed by atoms with Crippen molar-refractivity contribution in [2.45, 2.75) is 38.4 Å². The van der Waals surface area contributed by atoms with Crippen molar-refractivity contribution >= 4 is 27.9 Å². The molecule has 0 radical (unpaired) electrons.